The Morgan fingerprint density at radius 1 is 1.12 bits per heavy atom. The highest BCUT2D eigenvalue weighted by molar-refractivity contribution is 5.94. The number of anilines is 1. The molecular formula is C20H21N3O2. The van der Waals surface area contributed by atoms with E-state index in [0.717, 1.165) is 29.0 Å². The molecule has 0 radical (unpaired) electrons. The number of carbonyl (C=O) groups is 1. The average Bonchev–Trinajstić information content (AvgIpc) is 2.66. The number of nitrogens with one attached hydrogen (secondary N) is 1. The predicted octanol–water partition coefficient (Wildman–Crippen LogP) is 4.29. The minimum Gasteiger partial charge on any atom is -0.465 e. The Morgan fingerprint density at radius 2 is 1.88 bits per heavy atom. The van der Waals surface area contributed by atoms with Gasteiger partial charge in [-0.15, -0.1) is 0 Å². The van der Waals surface area contributed by atoms with Gasteiger partial charge in [0, 0.05) is 11.6 Å². The second kappa shape index (κ2) is 7.30. The number of aromatic nitrogens is 2. The zero-order valence-electron chi connectivity index (χ0n) is 14.6. The lowest BCUT2D eigenvalue weighted by atomic mass is 10.1. The fourth-order valence-corrected chi connectivity index (χ4v) is 2.53. The van der Waals surface area contributed by atoms with Crippen LogP contribution in [0.3, 0.4) is 0 Å². The van der Waals surface area contributed by atoms with E-state index in [-0.39, 0.29) is 12.0 Å². The van der Waals surface area contributed by atoms with Gasteiger partial charge in [-0.3, -0.25) is 0 Å². The first-order valence-electron chi connectivity index (χ1n) is 8.34. The number of esters is 1. The number of hydrogen-bond donors (Lipinski definition) is 1. The van der Waals surface area contributed by atoms with Crippen LogP contribution >= 0.6 is 0 Å². The third kappa shape index (κ3) is 3.60. The molecule has 0 aliphatic rings. The number of benzene rings is 2. The maximum Gasteiger partial charge on any atom is 0.337 e. The van der Waals surface area contributed by atoms with E-state index < -0.39 is 0 Å². The highest BCUT2D eigenvalue weighted by atomic mass is 16.5. The molecule has 0 spiro atoms. The van der Waals surface area contributed by atoms with Crippen molar-refractivity contribution in [2.24, 2.45) is 0 Å². The second-order valence-electron chi connectivity index (χ2n) is 5.94. The van der Waals surface area contributed by atoms with Crippen LogP contribution in [0.25, 0.3) is 22.3 Å². The van der Waals surface area contributed by atoms with Crippen LogP contribution in [0.15, 0.2) is 48.5 Å². The summed E-state index contributed by atoms with van der Waals surface area (Å²) in [5.74, 6) is 0.335. The number of rotatable bonds is 5. The van der Waals surface area contributed by atoms with Crippen LogP contribution < -0.4 is 5.32 Å². The molecule has 0 aliphatic carbocycles. The molecular weight excluding hydrogens is 314 g/mol. The largest absolute Gasteiger partial charge is 0.465 e. The summed E-state index contributed by atoms with van der Waals surface area (Å²) in [5, 5.41) is 3.42. The van der Waals surface area contributed by atoms with E-state index in [9.17, 15) is 4.79 Å². The lowest BCUT2D eigenvalue weighted by Crippen LogP contribution is -2.16. The monoisotopic (exact) mass is 335 g/mol. The van der Waals surface area contributed by atoms with E-state index in [1.807, 2.05) is 30.3 Å². The summed E-state index contributed by atoms with van der Waals surface area (Å²) in [4.78, 5) is 21.3. The highest BCUT2D eigenvalue weighted by Crippen LogP contribution is 2.28. The highest BCUT2D eigenvalue weighted by Gasteiger charge is 2.14. The molecule has 1 unspecified atom stereocenters. The molecule has 3 rings (SSSR count). The molecule has 3 aromatic rings. The lowest BCUT2D eigenvalue weighted by Gasteiger charge is -2.16. The summed E-state index contributed by atoms with van der Waals surface area (Å²) in [6, 6.07) is 15.4. The lowest BCUT2D eigenvalue weighted by molar-refractivity contribution is 0.0601. The minimum absolute atomic E-state index is 0.262. The van der Waals surface area contributed by atoms with Crippen molar-refractivity contribution in [3.63, 3.8) is 0 Å². The summed E-state index contributed by atoms with van der Waals surface area (Å²) >= 11 is 0. The standard InChI is InChI=1S/C20H21N3O2/c1-4-13(2)21-19-18(14-8-6-5-7-9-14)22-16-11-10-15(20(24)25-3)12-17(16)23-19/h5-13H,4H2,1-3H3,(H,21,23). The van der Waals surface area contributed by atoms with Crippen molar-refractivity contribution in [1.29, 1.82) is 0 Å². The normalized spacial score (nSPS) is 12.0. The van der Waals surface area contributed by atoms with Gasteiger partial charge in [-0.25, -0.2) is 14.8 Å². The quantitative estimate of drug-likeness (QED) is 0.705. The van der Waals surface area contributed by atoms with E-state index in [4.69, 9.17) is 14.7 Å². The number of hydrogen-bond acceptors (Lipinski definition) is 5. The van der Waals surface area contributed by atoms with Gasteiger partial charge >= 0.3 is 5.97 Å². The van der Waals surface area contributed by atoms with Gasteiger partial charge in [0.25, 0.3) is 0 Å². The molecule has 5 nitrogen and oxygen atoms in total. The van der Waals surface area contributed by atoms with Crippen molar-refractivity contribution >= 4 is 22.8 Å². The molecule has 2 aromatic carbocycles. The number of ether oxygens (including phenoxy) is 1. The van der Waals surface area contributed by atoms with Gasteiger partial charge < -0.3 is 10.1 Å². The fraction of sp³-hybridized carbons (Fsp3) is 0.250. The zero-order chi connectivity index (χ0) is 17.8. The second-order valence-corrected chi connectivity index (χ2v) is 5.94. The van der Waals surface area contributed by atoms with Crippen LogP contribution in [-0.4, -0.2) is 29.1 Å². The van der Waals surface area contributed by atoms with Gasteiger partial charge in [0.15, 0.2) is 5.82 Å². The summed E-state index contributed by atoms with van der Waals surface area (Å²) in [6.45, 7) is 4.22. The van der Waals surface area contributed by atoms with Crippen LogP contribution in [0.5, 0.6) is 0 Å². The Kier molecular flexibility index (Phi) is 4.93. The third-order valence-electron chi connectivity index (χ3n) is 4.13. The van der Waals surface area contributed by atoms with Crippen LogP contribution in [0.2, 0.25) is 0 Å². The molecule has 1 atom stereocenters. The van der Waals surface area contributed by atoms with Gasteiger partial charge in [-0.2, -0.15) is 0 Å². The van der Waals surface area contributed by atoms with Crippen molar-refractivity contribution in [2.75, 3.05) is 12.4 Å². The summed E-state index contributed by atoms with van der Waals surface area (Å²) in [6.07, 6.45) is 0.968. The van der Waals surface area contributed by atoms with Crippen LogP contribution in [0.1, 0.15) is 30.6 Å². The smallest absolute Gasteiger partial charge is 0.337 e. The predicted molar refractivity (Wildman–Crippen MR) is 99.7 cm³/mol. The van der Waals surface area contributed by atoms with Gasteiger partial charge in [0.05, 0.1) is 23.7 Å². The Morgan fingerprint density at radius 3 is 2.56 bits per heavy atom. The summed E-state index contributed by atoms with van der Waals surface area (Å²) < 4.78 is 4.79. The first-order valence-corrected chi connectivity index (χ1v) is 8.34. The van der Waals surface area contributed by atoms with Crippen molar-refractivity contribution in [1.82, 2.24) is 9.97 Å². The first-order chi connectivity index (χ1) is 12.1. The van der Waals surface area contributed by atoms with Gasteiger partial charge in [0.1, 0.15) is 5.69 Å². The molecule has 128 valence electrons. The molecule has 25 heavy (non-hydrogen) atoms. The Hall–Kier alpha value is -2.95. The van der Waals surface area contributed by atoms with Crippen LogP contribution in [-0.2, 0) is 4.74 Å². The number of carbonyl (C=O) groups excluding carboxylic acids is 1. The zero-order valence-corrected chi connectivity index (χ0v) is 14.6. The van der Waals surface area contributed by atoms with Gasteiger partial charge in [-0.1, -0.05) is 37.3 Å². The molecule has 0 aliphatic heterocycles. The van der Waals surface area contributed by atoms with Crippen LogP contribution in [0, 0.1) is 0 Å². The molecule has 0 saturated carbocycles. The Balaban J connectivity index is 2.16. The van der Waals surface area contributed by atoms with E-state index in [0.29, 0.717) is 11.1 Å². The Labute approximate surface area is 147 Å². The number of nitrogens with zero attached hydrogens (tertiary/aromatic N) is 2. The van der Waals surface area contributed by atoms with Crippen molar-refractivity contribution in [3.8, 4) is 11.3 Å². The van der Waals surface area contributed by atoms with E-state index in [1.54, 1.807) is 18.2 Å². The van der Waals surface area contributed by atoms with Crippen molar-refractivity contribution in [2.45, 2.75) is 26.3 Å². The molecule has 5 heteroatoms. The SMILES string of the molecule is CCC(C)Nc1nc2cc(C(=O)OC)ccc2nc1-c1ccccc1. The molecule has 1 heterocycles. The fourth-order valence-electron chi connectivity index (χ4n) is 2.53. The summed E-state index contributed by atoms with van der Waals surface area (Å²) in [5.41, 5.74) is 3.67. The third-order valence-corrected chi connectivity index (χ3v) is 4.13. The average molecular weight is 335 g/mol. The van der Waals surface area contributed by atoms with E-state index in [2.05, 4.69) is 19.2 Å². The van der Waals surface area contributed by atoms with Gasteiger partial charge in [0.2, 0.25) is 0 Å². The maximum atomic E-state index is 11.8. The van der Waals surface area contributed by atoms with Crippen LogP contribution in [0.4, 0.5) is 5.82 Å². The molecule has 0 saturated heterocycles. The molecule has 0 fully saturated rings. The minimum atomic E-state index is -0.382. The molecule has 0 bridgehead atoms. The van der Waals surface area contributed by atoms with Crippen molar-refractivity contribution < 1.29 is 9.53 Å². The number of fused-ring (bicyclic) bond motifs is 1. The molecule has 1 N–H and O–H groups in total. The van der Waals surface area contributed by atoms with Crippen molar-refractivity contribution in [3.05, 3.63) is 54.1 Å². The number of methoxy groups -OCH3 is 1. The maximum absolute atomic E-state index is 11.8. The molecule has 0 amide bonds. The van der Waals surface area contributed by atoms with Gasteiger partial charge in [-0.05, 0) is 31.5 Å². The van der Waals surface area contributed by atoms with E-state index >= 15 is 0 Å². The Bertz CT molecular complexity index is 894. The topological polar surface area (TPSA) is 64.1 Å². The summed E-state index contributed by atoms with van der Waals surface area (Å²) in [7, 11) is 1.37. The molecule has 1 aromatic heterocycles. The first kappa shape index (κ1) is 16.9. The van der Waals surface area contributed by atoms with E-state index in [1.165, 1.54) is 7.11 Å².